The molecule has 7 nitrogen and oxygen atoms in total. The van der Waals surface area contributed by atoms with E-state index in [4.69, 9.17) is 21.1 Å². The fraction of sp³-hybridized carbons (Fsp3) is 0.208. The highest BCUT2D eigenvalue weighted by Gasteiger charge is 2.12. The summed E-state index contributed by atoms with van der Waals surface area (Å²) in [6.07, 6.45) is 0. The first-order valence-electron chi connectivity index (χ1n) is 10.2. The predicted octanol–water partition coefficient (Wildman–Crippen LogP) is 4.50. The predicted molar refractivity (Wildman–Crippen MR) is 123 cm³/mol. The van der Waals surface area contributed by atoms with Gasteiger partial charge in [0.1, 0.15) is 0 Å². The Hall–Kier alpha value is -3.42. The number of aromatic nitrogens is 4. The van der Waals surface area contributed by atoms with Crippen molar-refractivity contribution in [3.05, 3.63) is 94.3 Å². The van der Waals surface area contributed by atoms with E-state index in [1.54, 1.807) is 11.8 Å². The maximum absolute atomic E-state index is 6.22. The molecule has 8 heteroatoms. The Morgan fingerprint density at radius 1 is 0.969 bits per heavy atom. The number of hydrogen-bond acceptors (Lipinski definition) is 6. The second-order valence-electron chi connectivity index (χ2n) is 7.31. The van der Waals surface area contributed by atoms with Gasteiger partial charge in [0.2, 0.25) is 0 Å². The summed E-state index contributed by atoms with van der Waals surface area (Å²) in [5.74, 6) is 1.87. The third-order valence-electron chi connectivity index (χ3n) is 5.00. The lowest BCUT2D eigenvalue weighted by molar-refractivity contribution is 0.273. The van der Waals surface area contributed by atoms with Crippen LogP contribution in [0.5, 0.6) is 11.5 Å². The van der Waals surface area contributed by atoms with Crippen LogP contribution in [0.3, 0.4) is 0 Å². The van der Waals surface area contributed by atoms with Gasteiger partial charge in [0.15, 0.2) is 23.9 Å². The number of nitrogens with zero attached hydrogens (tertiary/aromatic N) is 4. The van der Waals surface area contributed by atoms with Crippen LogP contribution in [0.4, 0.5) is 0 Å². The molecule has 0 saturated carbocycles. The van der Waals surface area contributed by atoms with Crippen molar-refractivity contribution in [3.8, 4) is 17.2 Å². The van der Waals surface area contributed by atoms with Crippen molar-refractivity contribution in [1.29, 1.82) is 0 Å². The highest BCUT2D eigenvalue weighted by atomic mass is 35.5. The molecule has 0 radical (unpaired) electrons. The van der Waals surface area contributed by atoms with Gasteiger partial charge in [0.05, 0.1) is 12.8 Å². The van der Waals surface area contributed by atoms with Crippen LogP contribution in [0.2, 0.25) is 5.02 Å². The van der Waals surface area contributed by atoms with Crippen LogP contribution in [0.1, 0.15) is 22.5 Å². The maximum Gasteiger partial charge on any atom is 0.194 e. The van der Waals surface area contributed by atoms with Crippen molar-refractivity contribution in [2.24, 2.45) is 0 Å². The third-order valence-corrected chi connectivity index (χ3v) is 5.37. The Labute approximate surface area is 191 Å². The number of ether oxygens (including phenoxy) is 2. The summed E-state index contributed by atoms with van der Waals surface area (Å²) in [4.78, 5) is 0. The number of halogens is 1. The fourth-order valence-electron chi connectivity index (χ4n) is 3.25. The summed E-state index contributed by atoms with van der Waals surface area (Å²) in [6.45, 7) is 3.60. The van der Waals surface area contributed by atoms with Gasteiger partial charge in [0, 0.05) is 18.1 Å². The average Bonchev–Trinajstić information content (AvgIpc) is 3.28. The SMILES string of the molecule is COc1cc(CNCc2ccccc2Cl)ccc1OCc1nnnn1-c1ccc(C)cc1. The van der Waals surface area contributed by atoms with E-state index in [0.717, 1.165) is 21.8 Å². The van der Waals surface area contributed by atoms with Gasteiger partial charge in [0.25, 0.3) is 0 Å². The molecule has 4 aromatic rings. The molecule has 0 aliphatic carbocycles. The molecular weight excluding hydrogens is 426 g/mol. The smallest absolute Gasteiger partial charge is 0.194 e. The van der Waals surface area contributed by atoms with Gasteiger partial charge < -0.3 is 14.8 Å². The molecule has 1 N–H and O–H groups in total. The molecule has 0 unspecified atom stereocenters. The van der Waals surface area contributed by atoms with Gasteiger partial charge in [-0.3, -0.25) is 0 Å². The Kier molecular flexibility index (Phi) is 6.99. The fourth-order valence-corrected chi connectivity index (χ4v) is 3.45. The number of benzene rings is 3. The van der Waals surface area contributed by atoms with Crippen molar-refractivity contribution in [1.82, 2.24) is 25.5 Å². The summed E-state index contributed by atoms with van der Waals surface area (Å²) in [7, 11) is 1.62. The number of nitrogens with one attached hydrogen (secondary N) is 1. The molecule has 0 fully saturated rings. The zero-order valence-corrected chi connectivity index (χ0v) is 18.7. The zero-order chi connectivity index (χ0) is 22.3. The molecule has 3 aromatic carbocycles. The molecule has 32 heavy (non-hydrogen) atoms. The Morgan fingerprint density at radius 3 is 2.56 bits per heavy atom. The first-order valence-corrected chi connectivity index (χ1v) is 10.6. The molecule has 0 amide bonds. The van der Waals surface area contributed by atoms with Crippen molar-refractivity contribution in [2.45, 2.75) is 26.6 Å². The van der Waals surface area contributed by atoms with E-state index in [1.165, 1.54) is 5.56 Å². The second kappa shape index (κ2) is 10.3. The van der Waals surface area contributed by atoms with Crippen molar-refractivity contribution in [2.75, 3.05) is 7.11 Å². The number of rotatable bonds is 9. The Morgan fingerprint density at radius 2 is 1.78 bits per heavy atom. The van der Waals surface area contributed by atoms with Gasteiger partial charge in [-0.15, -0.1) is 5.10 Å². The minimum atomic E-state index is 0.210. The summed E-state index contributed by atoms with van der Waals surface area (Å²) < 4.78 is 13.2. The highest BCUT2D eigenvalue weighted by molar-refractivity contribution is 6.31. The molecule has 1 heterocycles. The number of hydrogen-bond donors (Lipinski definition) is 1. The van der Waals surface area contributed by atoms with Crippen molar-refractivity contribution >= 4 is 11.6 Å². The van der Waals surface area contributed by atoms with Crippen LogP contribution in [0, 0.1) is 6.92 Å². The van der Waals surface area contributed by atoms with Crippen molar-refractivity contribution in [3.63, 3.8) is 0 Å². The molecule has 0 aliphatic rings. The topological polar surface area (TPSA) is 74.1 Å². The maximum atomic E-state index is 6.22. The summed E-state index contributed by atoms with van der Waals surface area (Å²) >= 11 is 6.22. The van der Waals surface area contributed by atoms with Gasteiger partial charge in [-0.05, 0) is 58.8 Å². The average molecular weight is 450 g/mol. The molecule has 0 atom stereocenters. The Bertz CT molecular complexity index is 1180. The van der Waals surface area contributed by atoms with E-state index in [0.29, 0.717) is 30.4 Å². The van der Waals surface area contributed by atoms with Crippen LogP contribution in [-0.2, 0) is 19.7 Å². The van der Waals surface area contributed by atoms with Crippen molar-refractivity contribution < 1.29 is 9.47 Å². The van der Waals surface area contributed by atoms with E-state index in [2.05, 4.69) is 20.8 Å². The van der Waals surface area contributed by atoms with Gasteiger partial charge in [-0.2, -0.15) is 4.68 Å². The third kappa shape index (κ3) is 5.25. The summed E-state index contributed by atoms with van der Waals surface area (Å²) in [5, 5.41) is 16.1. The first-order chi connectivity index (χ1) is 15.6. The molecule has 0 bridgehead atoms. The molecule has 1 aromatic heterocycles. The Balaban J connectivity index is 1.39. The quantitative estimate of drug-likeness (QED) is 0.405. The second-order valence-corrected chi connectivity index (χ2v) is 7.72. The van der Waals surface area contributed by atoms with Crippen LogP contribution < -0.4 is 14.8 Å². The standard InChI is InChI=1S/C24H24ClN5O2/c1-17-7-10-20(11-8-17)30-24(27-28-29-30)16-32-22-12-9-18(13-23(22)31-2)14-26-15-19-5-3-4-6-21(19)25/h3-13,26H,14-16H2,1-2H3. The minimum absolute atomic E-state index is 0.210. The van der Waals surface area contributed by atoms with E-state index in [9.17, 15) is 0 Å². The van der Waals surface area contributed by atoms with E-state index < -0.39 is 0 Å². The lowest BCUT2D eigenvalue weighted by Gasteiger charge is -2.13. The highest BCUT2D eigenvalue weighted by Crippen LogP contribution is 2.29. The van der Waals surface area contributed by atoms with Gasteiger partial charge >= 0.3 is 0 Å². The number of methoxy groups -OCH3 is 1. The lowest BCUT2D eigenvalue weighted by atomic mass is 10.2. The molecule has 0 spiro atoms. The van der Waals surface area contributed by atoms with Gasteiger partial charge in [-0.25, -0.2) is 0 Å². The molecule has 164 valence electrons. The van der Waals surface area contributed by atoms with Crippen LogP contribution in [0.25, 0.3) is 5.69 Å². The number of tetrazole rings is 1. The summed E-state index contributed by atoms with van der Waals surface area (Å²) in [6, 6.07) is 21.6. The van der Waals surface area contributed by atoms with Crippen LogP contribution in [0.15, 0.2) is 66.7 Å². The van der Waals surface area contributed by atoms with E-state index >= 15 is 0 Å². The summed E-state index contributed by atoms with van der Waals surface area (Å²) in [5.41, 5.74) is 4.19. The minimum Gasteiger partial charge on any atom is -0.493 e. The first kappa shape index (κ1) is 21.8. The lowest BCUT2D eigenvalue weighted by Crippen LogP contribution is -2.13. The van der Waals surface area contributed by atoms with Gasteiger partial charge in [-0.1, -0.05) is 53.6 Å². The van der Waals surface area contributed by atoms with Crippen LogP contribution in [-0.4, -0.2) is 27.3 Å². The number of aryl methyl sites for hydroxylation is 1. The molecular formula is C24H24ClN5O2. The monoisotopic (exact) mass is 449 g/mol. The normalized spacial score (nSPS) is 10.8. The molecule has 0 aliphatic heterocycles. The van der Waals surface area contributed by atoms with E-state index in [1.807, 2.05) is 73.7 Å². The molecule has 4 rings (SSSR count). The van der Waals surface area contributed by atoms with Crippen LogP contribution >= 0.6 is 11.6 Å². The van der Waals surface area contributed by atoms with E-state index in [-0.39, 0.29) is 6.61 Å². The largest absolute Gasteiger partial charge is 0.493 e. The molecule has 0 saturated heterocycles. The zero-order valence-electron chi connectivity index (χ0n) is 18.0.